The minimum absolute atomic E-state index is 0.000839. The number of piperidine rings is 1. The van der Waals surface area contributed by atoms with Crippen molar-refractivity contribution in [3.63, 3.8) is 0 Å². The number of amides is 1. The van der Waals surface area contributed by atoms with Crippen molar-refractivity contribution in [3.05, 3.63) is 0 Å². The Labute approximate surface area is 77.8 Å². The lowest BCUT2D eigenvalue weighted by atomic mass is 9.96. The number of hydrogen-bond acceptors (Lipinski definition) is 2. The van der Waals surface area contributed by atoms with E-state index in [1.807, 2.05) is 4.90 Å². The van der Waals surface area contributed by atoms with Gasteiger partial charge in [-0.05, 0) is 12.8 Å². The first kappa shape index (κ1) is 9.83. The van der Waals surface area contributed by atoms with Crippen molar-refractivity contribution in [1.29, 1.82) is 5.41 Å². The maximum absolute atomic E-state index is 10.8. The van der Waals surface area contributed by atoms with E-state index in [9.17, 15) is 4.79 Å². The van der Waals surface area contributed by atoms with Crippen LogP contribution in [-0.2, 0) is 4.79 Å². The van der Waals surface area contributed by atoms with E-state index in [2.05, 4.69) is 5.32 Å². The Bertz CT molecular complexity index is 208. The zero-order valence-electron chi connectivity index (χ0n) is 7.84. The highest BCUT2D eigenvalue weighted by atomic mass is 16.1. The van der Waals surface area contributed by atoms with Crippen molar-refractivity contribution < 1.29 is 4.79 Å². The summed E-state index contributed by atoms with van der Waals surface area (Å²) in [5.41, 5.74) is 5.19. The molecule has 5 nitrogen and oxygen atoms in total. The molecule has 1 aliphatic rings. The predicted molar refractivity (Wildman–Crippen MR) is 50.3 cm³/mol. The molecule has 0 radical (unpaired) electrons. The first-order chi connectivity index (χ1) is 6.15. The second-order valence-corrected chi connectivity index (χ2v) is 3.26. The SMILES string of the molecule is CNC(=N)N1CCC(C(N)=O)CC1. The maximum Gasteiger partial charge on any atom is 0.220 e. The number of primary amides is 1. The van der Waals surface area contributed by atoms with Crippen molar-refractivity contribution in [2.24, 2.45) is 11.7 Å². The van der Waals surface area contributed by atoms with E-state index in [-0.39, 0.29) is 11.8 Å². The number of rotatable bonds is 1. The van der Waals surface area contributed by atoms with E-state index < -0.39 is 0 Å². The third-order valence-electron chi connectivity index (χ3n) is 2.45. The van der Waals surface area contributed by atoms with Gasteiger partial charge in [0, 0.05) is 26.1 Å². The third-order valence-corrected chi connectivity index (χ3v) is 2.45. The molecule has 1 fully saturated rings. The highest BCUT2D eigenvalue weighted by Gasteiger charge is 2.23. The van der Waals surface area contributed by atoms with E-state index in [0.29, 0.717) is 5.96 Å². The monoisotopic (exact) mass is 184 g/mol. The van der Waals surface area contributed by atoms with Crippen LogP contribution >= 0.6 is 0 Å². The molecule has 0 bridgehead atoms. The Kier molecular flexibility index (Phi) is 3.11. The largest absolute Gasteiger partial charge is 0.369 e. The van der Waals surface area contributed by atoms with Crippen LogP contribution in [0.25, 0.3) is 0 Å². The van der Waals surface area contributed by atoms with Gasteiger partial charge in [-0.2, -0.15) is 0 Å². The number of likely N-dealkylation sites (tertiary alicyclic amines) is 1. The molecule has 0 spiro atoms. The lowest BCUT2D eigenvalue weighted by Crippen LogP contribution is -2.45. The molecule has 1 saturated heterocycles. The van der Waals surface area contributed by atoms with Crippen LogP contribution < -0.4 is 11.1 Å². The molecule has 1 aliphatic heterocycles. The molecule has 0 aliphatic carbocycles. The van der Waals surface area contributed by atoms with E-state index in [0.717, 1.165) is 25.9 Å². The number of hydrogen-bond donors (Lipinski definition) is 3. The summed E-state index contributed by atoms with van der Waals surface area (Å²) in [6.07, 6.45) is 1.53. The molecule has 0 unspecified atom stereocenters. The van der Waals surface area contributed by atoms with Crippen molar-refractivity contribution >= 4 is 11.9 Å². The summed E-state index contributed by atoms with van der Waals surface area (Å²) in [4.78, 5) is 12.8. The molecule has 1 rings (SSSR count). The van der Waals surface area contributed by atoms with Crippen LogP contribution in [-0.4, -0.2) is 36.9 Å². The smallest absolute Gasteiger partial charge is 0.220 e. The summed E-state index contributed by atoms with van der Waals surface area (Å²) >= 11 is 0. The van der Waals surface area contributed by atoms with Crippen LogP contribution in [0.4, 0.5) is 0 Å². The Hall–Kier alpha value is -1.26. The molecule has 13 heavy (non-hydrogen) atoms. The van der Waals surface area contributed by atoms with E-state index in [4.69, 9.17) is 11.1 Å². The van der Waals surface area contributed by atoms with E-state index >= 15 is 0 Å². The van der Waals surface area contributed by atoms with Crippen LogP contribution in [0.15, 0.2) is 0 Å². The second kappa shape index (κ2) is 4.11. The van der Waals surface area contributed by atoms with Gasteiger partial charge in [-0.3, -0.25) is 10.2 Å². The van der Waals surface area contributed by atoms with Crippen molar-refractivity contribution in [1.82, 2.24) is 10.2 Å². The Morgan fingerprint density at radius 3 is 2.46 bits per heavy atom. The number of nitrogens with two attached hydrogens (primary N) is 1. The minimum Gasteiger partial charge on any atom is -0.369 e. The van der Waals surface area contributed by atoms with Gasteiger partial charge in [0.05, 0.1) is 0 Å². The molecule has 0 saturated carbocycles. The molecule has 4 N–H and O–H groups in total. The van der Waals surface area contributed by atoms with Crippen LogP contribution in [0, 0.1) is 11.3 Å². The third kappa shape index (κ3) is 2.34. The topological polar surface area (TPSA) is 82.2 Å². The van der Waals surface area contributed by atoms with Gasteiger partial charge in [0.25, 0.3) is 0 Å². The normalized spacial score (nSPS) is 18.4. The summed E-state index contributed by atoms with van der Waals surface area (Å²) < 4.78 is 0. The zero-order valence-corrected chi connectivity index (χ0v) is 7.84. The number of carbonyl (C=O) groups excluding carboxylic acids is 1. The van der Waals surface area contributed by atoms with Gasteiger partial charge in [0.15, 0.2) is 5.96 Å². The summed E-state index contributed by atoms with van der Waals surface area (Å²) in [7, 11) is 1.72. The zero-order chi connectivity index (χ0) is 9.84. The molecule has 74 valence electrons. The fourth-order valence-corrected chi connectivity index (χ4v) is 1.55. The first-order valence-corrected chi connectivity index (χ1v) is 4.45. The summed E-state index contributed by atoms with van der Waals surface area (Å²) in [6, 6.07) is 0. The fraction of sp³-hybridized carbons (Fsp3) is 0.750. The van der Waals surface area contributed by atoms with Gasteiger partial charge in [0.1, 0.15) is 0 Å². The molecule has 1 amide bonds. The molecule has 0 aromatic carbocycles. The average Bonchev–Trinajstić information content (AvgIpc) is 2.17. The molecular formula is C8H16N4O. The second-order valence-electron chi connectivity index (χ2n) is 3.26. The maximum atomic E-state index is 10.8. The summed E-state index contributed by atoms with van der Waals surface area (Å²) in [5, 5.41) is 10.3. The Balaban J connectivity index is 2.39. The van der Waals surface area contributed by atoms with Crippen LogP contribution in [0.1, 0.15) is 12.8 Å². The molecule has 0 atom stereocenters. The Morgan fingerprint density at radius 2 is 2.08 bits per heavy atom. The highest BCUT2D eigenvalue weighted by molar-refractivity contribution is 5.78. The quantitative estimate of drug-likeness (QED) is 0.373. The van der Waals surface area contributed by atoms with Crippen molar-refractivity contribution in [3.8, 4) is 0 Å². The van der Waals surface area contributed by atoms with Crippen LogP contribution in [0.5, 0.6) is 0 Å². The van der Waals surface area contributed by atoms with Crippen LogP contribution in [0.3, 0.4) is 0 Å². The van der Waals surface area contributed by atoms with Crippen molar-refractivity contribution in [2.75, 3.05) is 20.1 Å². The van der Waals surface area contributed by atoms with E-state index in [1.165, 1.54) is 0 Å². The number of guanidine groups is 1. The molecule has 5 heteroatoms. The fourth-order valence-electron chi connectivity index (χ4n) is 1.55. The standard InChI is InChI=1S/C8H16N4O/c1-11-8(10)12-4-2-6(3-5-12)7(9)13/h6H,2-5H2,1H3,(H2,9,13)(H2,10,11). The number of nitrogens with one attached hydrogen (secondary N) is 2. The average molecular weight is 184 g/mol. The molecule has 0 aromatic heterocycles. The molecular weight excluding hydrogens is 168 g/mol. The van der Waals surface area contributed by atoms with Gasteiger partial charge >= 0.3 is 0 Å². The lowest BCUT2D eigenvalue weighted by Gasteiger charge is -2.31. The van der Waals surface area contributed by atoms with Gasteiger partial charge in [0.2, 0.25) is 5.91 Å². The van der Waals surface area contributed by atoms with Gasteiger partial charge < -0.3 is 16.0 Å². The van der Waals surface area contributed by atoms with Crippen molar-refractivity contribution in [2.45, 2.75) is 12.8 Å². The van der Waals surface area contributed by atoms with Gasteiger partial charge in [-0.15, -0.1) is 0 Å². The van der Waals surface area contributed by atoms with E-state index in [1.54, 1.807) is 7.05 Å². The molecule has 0 aromatic rings. The first-order valence-electron chi connectivity index (χ1n) is 4.45. The molecule has 1 heterocycles. The summed E-state index contributed by atoms with van der Waals surface area (Å²) in [6.45, 7) is 1.49. The minimum atomic E-state index is -0.212. The van der Waals surface area contributed by atoms with Gasteiger partial charge in [-0.25, -0.2) is 0 Å². The number of carbonyl (C=O) groups is 1. The Morgan fingerprint density at radius 1 is 1.54 bits per heavy atom. The lowest BCUT2D eigenvalue weighted by molar-refractivity contribution is -0.122. The highest BCUT2D eigenvalue weighted by Crippen LogP contribution is 2.15. The van der Waals surface area contributed by atoms with Gasteiger partial charge in [-0.1, -0.05) is 0 Å². The summed E-state index contributed by atoms with van der Waals surface area (Å²) in [5.74, 6) is 0.208. The number of nitrogens with zero attached hydrogens (tertiary/aromatic N) is 1. The predicted octanol–water partition coefficient (Wildman–Crippen LogP) is -0.662. The van der Waals surface area contributed by atoms with Crippen LogP contribution in [0.2, 0.25) is 0 Å².